The summed E-state index contributed by atoms with van der Waals surface area (Å²) in [4.78, 5) is 6.61. The van der Waals surface area contributed by atoms with Crippen LogP contribution in [0.5, 0.6) is 0 Å². The molecule has 0 radical (unpaired) electrons. The summed E-state index contributed by atoms with van der Waals surface area (Å²) in [5.74, 6) is 0.661. The highest BCUT2D eigenvalue weighted by atomic mass is 15.3. The molecule has 0 fully saturated rings. The summed E-state index contributed by atoms with van der Waals surface area (Å²) in [5.41, 5.74) is 5.87. The van der Waals surface area contributed by atoms with Crippen LogP contribution in [-0.2, 0) is 0 Å². The Bertz CT molecular complexity index is 189. The van der Waals surface area contributed by atoms with Gasteiger partial charge in [-0.3, -0.25) is 0 Å². The third-order valence-electron chi connectivity index (χ3n) is 1.83. The Morgan fingerprint density at radius 3 is 2.14 bits per heavy atom. The van der Waals surface area contributed by atoms with Gasteiger partial charge in [-0.15, -0.1) is 0 Å². The maximum Gasteiger partial charge on any atom is 0.192 e. The van der Waals surface area contributed by atoms with Gasteiger partial charge in [0.05, 0.1) is 5.54 Å². The molecule has 0 atom stereocenters. The number of rotatable bonds is 3. The van der Waals surface area contributed by atoms with Crippen LogP contribution < -0.4 is 5.73 Å². The number of hydrogen-bond acceptors (Lipinski definition) is 1. The minimum Gasteiger partial charge on any atom is -0.370 e. The van der Waals surface area contributed by atoms with E-state index in [-0.39, 0.29) is 5.54 Å². The van der Waals surface area contributed by atoms with Gasteiger partial charge in [-0.1, -0.05) is 6.92 Å². The molecule has 0 saturated carbocycles. The third-order valence-corrected chi connectivity index (χ3v) is 1.83. The van der Waals surface area contributed by atoms with Gasteiger partial charge in [0.15, 0.2) is 5.96 Å². The second-order valence-corrected chi connectivity index (χ2v) is 4.93. The quantitative estimate of drug-likeness (QED) is 0.559. The van der Waals surface area contributed by atoms with E-state index in [1.807, 2.05) is 0 Å². The van der Waals surface area contributed by atoms with E-state index in [0.29, 0.717) is 12.0 Å². The molecular weight excluding hydrogens is 174 g/mol. The summed E-state index contributed by atoms with van der Waals surface area (Å²) in [6.07, 6.45) is 1.10. The second kappa shape index (κ2) is 5.23. The first-order valence-corrected chi connectivity index (χ1v) is 5.40. The first kappa shape index (κ1) is 13.3. The first-order valence-electron chi connectivity index (χ1n) is 5.40. The smallest absolute Gasteiger partial charge is 0.192 e. The minimum atomic E-state index is -0.0923. The zero-order chi connectivity index (χ0) is 11.4. The van der Waals surface area contributed by atoms with Crippen LogP contribution in [0.3, 0.4) is 0 Å². The monoisotopic (exact) mass is 199 g/mol. The lowest BCUT2D eigenvalue weighted by Crippen LogP contribution is -2.43. The Hall–Kier alpha value is -0.730. The largest absolute Gasteiger partial charge is 0.370 e. The van der Waals surface area contributed by atoms with Gasteiger partial charge in [0, 0.05) is 12.6 Å². The molecule has 0 saturated heterocycles. The van der Waals surface area contributed by atoms with Crippen molar-refractivity contribution >= 4 is 5.96 Å². The Morgan fingerprint density at radius 2 is 1.86 bits per heavy atom. The Balaban J connectivity index is 4.59. The Labute approximate surface area is 88.4 Å². The Kier molecular flexibility index (Phi) is 4.95. The van der Waals surface area contributed by atoms with E-state index in [1.165, 1.54) is 0 Å². The molecule has 0 aromatic rings. The molecule has 0 spiro atoms. The van der Waals surface area contributed by atoms with Crippen molar-refractivity contribution in [3.63, 3.8) is 0 Å². The SMILES string of the molecule is CCCN(C(N)=NC(C)(C)C)C(C)C. The predicted octanol–water partition coefficient (Wildman–Crippen LogP) is 2.22. The summed E-state index contributed by atoms with van der Waals surface area (Å²) in [5, 5.41) is 0. The van der Waals surface area contributed by atoms with Gasteiger partial charge in [-0.2, -0.15) is 0 Å². The summed E-state index contributed by atoms with van der Waals surface area (Å²) < 4.78 is 0. The standard InChI is InChI=1S/C11H25N3/c1-7-8-14(9(2)3)10(12)13-11(4,5)6/h9H,7-8H2,1-6H3,(H2,12,13). The molecule has 0 aliphatic carbocycles. The van der Waals surface area contributed by atoms with Crippen LogP contribution in [0.4, 0.5) is 0 Å². The van der Waals surface area contributed by atoms with E-state index in [9.17, 15) is 0 Å². The molecular formula is C11H25N3. The van der Waals surface area contributed by atoms with E-state index >= 15 is 0 Å². The van der Waals surface area contributed by atoms with Crippen LogP contribution in [0.2, 0.25) is 0 Å². The zero-order valence-corrected chi connectivity index (χ0v) is 10.5. The van der Waals surface area contributed by atoms with E-state index < -0.39 is 0 Å². The lowest BCUT2D eigenvalue weighted by Gasteiger charge is -2.29. The molecule has 0 amide bonds. The molecule has 0 rings (SSSR count). The van der Waals surface area contributed by atoms with E-state index in [0.717, 1.165) is 13.0 Å². The highest BCUT2D eigenvalue weighted by Crippen LogP contribution is 2.08. The van der Waals surface area contributed by atoms with Gasteiger partial charge in [-0.25, -0.2) is 4.99 Å². The fraction of sp³-hybridized carbons (Fsp3) is 0.909. The van der Waals surface area contributed by atoms with Crippen molar-refractivity contribution in [2.45, 2.75) is 59.5 Å². The van der Waals surface area contributed by atoms with Gasteiger partial charge in [0.25, 0.3) is 0 Å². The highest BCUT2D eigenvalue weighted by Gasteiger charge is 2.14. The van der Waals surface area contributed by atoms with Crippen LogP contribution >= 0.6 is 0 Å². The fourth-order valence-electron chi connectivity index (χ4n) is 1.29. The van der Waals surface area contributed by atoms with Gasteiger partial charge in [0.2, 0.25) is 0 Å². The van der Waals surface area contributed by atoms with E-state index in [1.54, 1.807) is 0 Å². The minimum absolute atomic E-state index is 0.0923. The lowest BCUT2D eigenvalue weighted by molar-refractivity contribution is 0.340. The normalized spacial score (nSPS) is 13.5. The number of hydrogen-bond donors (Lipinski definition) is 1. The number of nitrogens with zero attached hydrogens (tertiary/aromatic N) is 2. The average Bonchev–Trinajstić information content (AvgIpc) is 1.95. The fourth-order valence-corrected chi connectivity index (χ4v) is 1.29. The molecule has 0 aliphatic heterocycles. The molecule has 0 bridgehead atoms. The van der Waals surface area contributed by atoms with Crippen molar-refractivity contribution in [1.29, 1.82) is 0 Å². The number of aliphatic imine (C=N–C) groups is 1. The van der Waals surface area contributed by atoms with Crippen molar-refractivity contribution in [2.75, 3.05) is 6.54 Å². The number of nitrogens with two attached hydrogens (primary N) is 1. The average molecular weight is 199 g/mol. The van der Waals surface area contributed by atoms with Crippen molar-refractivity contribution in [3.05, 3.63) is 0 Å². The van der Waals surface area contributed by atoms with Crippen LogP contribution in [0.25, 0.3) is 0 Å². The van der Waals surface area contributed by atoms with Gasteiger partial charge in [0.1, 0.15) is 0 Å². The van der Waals surface area contributed by atoms with Crippen LogP contribution in [-0.4, -0.2) is 29.0 Å². The third kappa shape index (κ3) is 5.10. The predicted molar refractivity (Wildman–Crippen MR) is 63.5 cm³/mol. The van der Waals surface area contributed by atoms with Crippen molar-refractivity contribution in [3.8, 4) is 0 Å². The molecule has 84 valence electrons. The first-order chi connectivity index (χ1) is 6.28. The van der Waals surface area contributed by atoms with Crippen molar-refractivity contribution in [1.82, 2.24) is 4.90 Å². The maximum absolute atomic E-state index is 5.97. The Morgan fingerprint density at radius 1 is 1.36 bits per heavy atom. The highest BCUT2D eigenvalue weighted by molar-refractivity contribution is 5.78. The maximum atomic E-state index is 5.97. The van der Waals surface area contributed by atoms with E-state index in [2.05, 4.69) is 51.4 Å². The van der Waals surface area contributed by atoms with Gasteiger partial charge in [-0.05, 0) is 41.0 Å². The number of guanidine groups is 1. The van der Waals surface area contributed by atoms with Gasteiger partial charge >= 0.3 is 0 Å². The second-order valence-electron chi connectivity index (χ2n) is 4.93. The molecule has 0 aromatic carbocycles. The summed E-state index contributed by atoms with van der Waals surface area (Å²) in [7, 11) is 0. The molecule has 3 nitrogen and oxygen atoms in total. The van der Waals surface area contributed by atoms with Crippen LogP contribution in [0, 0.1) is 0 Å². The summed E-state index contributed by atoms with van der Waals surface area (Å²) >= 11 is 0. The lowest BCUT2D eigenvalue weighted by atomic mass is 10.1. The molecule has 14 heavy (non-hydrogen) atoms. The van der Waals surface area contributed by atoms with Crippen molar-refractivity contribution in [2.24, 2.45) is 10.7 Å². The summed E-state index contributed by atoms with van der Waals surface area (Å²) in [6, 6.07) is 0.418. The topological polar surface area (TPSA) is 41.6 Å². The van der Waals surface area contributed by atoms with Crippen molar-refractivity contribution < 1.29 is 0 Å². The molecule has 0 heterocycles. The zero-order valence-electron chi connectivity index (χ0n) is 10.5. The molecule has 0 aliphatic rings. The van der Waals surface area contributed by atoms with Crippen LogP contribution in [0.15, 0.2) is 4.99 Å². The van der Waals surface area contributed by atoms with E-state index in [4.69, 9.17) is 5.73 Å². The summed E-state index contributed by atoms with van der Waals surface area (Å²) in [6.45, 7) is 13.6. The molecule has 3 heteroatoms. The molecule has 0 unspecified atom stereocenters. The van der Waals surface area contributed by atoms with Crippen LogP contribution in [0.1, 0.15) is 48.0 Å². The molecule has 2 N–H and O–H groups in total. The van der Waals surface area contributed by atoms with Gasteiger partial charge < -0.3 is 10.6 Å². The molecule has 0 aromatic heterocycles.